The van der Waals surface area contributed by atoms with E-state index >= 15 is 0 Å². The van der Waals surface area contributed by atoms with Crippen molar-refractivity contribution in [2.75, 3.05) is 25.1 Å². The molecule has 6 heteroatoms. The molecule has 0 aliphatic rings. The van der Waals surface area contributed by atoms with Crippen molar-refractivity contribution in [2.24, 2.45) is 0 Å². The summed E-state index contributed by atoms with van der Waals surface area (Å²) in [4.78, 5) is 12.3. The molecule has 3 aromatic carbocycles. The maximum atomic E-state index is 12.3. The Hall–Kier alpha value is -3.67. The maximum absolute atomic E-state index is 12.3. The number of anilines is 1. The van der Waals surface area contributed by atoms with Crippen LogP contribution in [0.15, 0.2) is 72.8 Å². The number of carbonyl (C=O) groups excluding carboxylic acids is 1. The molecule has 0 aromatic heterocycles. The van der Waals surface area contributed by atoms with E-state index in [0.717, 1.165) is 5.75 Å². The van der Waals surface area contributed by atoms with Crippen LogP contribution in [0.4, 0.5) is 5.69 Å². The SMILES string of the molecule is CCOc1ccc(NC(=O)COc2cccc(Oc3ccccc3)c2)cc1OCC. The molecule has 3 rings (SSSR count). The molecule has 0 fully saturated rings. The van der Waals surface area contributed by atoms with Crippen molar-refractivity contribution in [2.45, 2.75) is 13.8 Å². The topological polar surface area (TPSA) is 66.0 Å². The second-order valence-electron chi connectivity index (χ2n) is 6.25. The number of nitrogens with one attached hydrogen (secondary N) is 1. The largest absolute Gasteiger partial charge is 0.490 e. The van der Waals surface area contributed by atoms with Gasteiger partial charge in [-0.05, 0) is 50.2 Å². The van der Waals surface area contributed by atoms with Gasteiger partial charge in [0, 0.05) is 17.8 Å². The highest BCUT2D eigenvalue weighted by Crippen LogP contribution is 2.30. The van der Waals surface area contributed by atoms with Crippen LogP contribution in [0.5, 0.6) is 28.7 Å². The standard InChI is InChI=1S/C24H25NO5/c1-3-27-22-14-13-18(15-23(22)28-4-2)25-24(26)17-29-20-11-8-12-21(16-20)30-19-9-6-5-7-10-19/h5-16H,3-4,17H2,1-2H3,(H,25,26). The number of hydrogen-bond acceptors (Lipinski definition) is 5. The van der Waals surface area contributed by atoms with E-state index in [4.69, 9.17) is 18.9 Å². The summed E-state index contributed by atoms with van der Waals surface area (Å²) < 4.78 is 22.5. The van der Waals surface area contributed by atoms with E-state index in [1.807, 2.05) is 56.3 Å². The summed E-state index contributed by atoms with van der Waals surface area (Å²) in [7, 11) is 0. The van der Waals surface area contributed by atoms with Crippen LogP contribution in [0.25, 0.3) is 0 Å². The number of rotatable bonds is 10. The Labute approximate surface area is 176 Å². The van der Waals surface area contributed by atoms with Gasteiger partial charge in [-0.2, -0.15) is 0 Å². The molecule has 0 radical (unpaired) electrons. The molecule has 1 N–H and O–H groups in total. The Morgan fingerprint density at radius 2 is 1.43 bits per heavy atom. The second kappa shape index (κ2) is 10.8. The molecule has 0 unspecified atom stereocenters. The Morgan fingerprint density at radius 1 is 0.733 bits per heavy atom. The van der Waals surface area contributed by atoms with Crippen LogP contribution in [-0.2, 0) is 4.79 Å². The summed E-state index contributed by atoms with van der Waals surface area (Å²) in [6.07, 6.45) is 0. The Bertz CT molecular complexity index is 959. The fourth-order valence-corrected chi connectivity index (χ4v) is 2.73. The van der Waals surface area contributed by atoms with Crippen molar-refractivity contribution in [3.05, 3.63) is 72.8 Å². The van der Waals surface area contributed by atoms with Crippen LogP contribution in [0.2, 0.25) is 0 Å². The lowest BCUT2D eigenvalue weighted by Gasteiger charge is -2.13. The molecule has 0 atom stereocenters. The Kier molecular flexibility index (Phi) is 7.55. The number of ether oxygens (including phenoxy) is 4. The predicted octanol–water partition coefficient (Wildman–Crippen LogP) is 5.29. The summed E-state index contributed by atoms with van der Waals surface area (Å²) in [6, 6.07) is 21.9. The lowest BCUT2D eigenvalue weighted by atomic mass is 10.2. The highest BCUT2D eigenvalue weighted by Gasteiger charge is 2.09. The number of amides is 1. The second-order valence-corrected chi connectivity index (χ2v) is 6.25. The minimum absolute atomic E-state index is 0.133. The van der Waals surface area contributed by atoms with Gasteiger partial charge in [-0.15, -0.1) is 0 Å². The number of hydrogen-bond donors (Lipinski definition) is 1. The van der Waals surface area contributed by atoms with E-state index in [9.17, 15) is 4.79 Å². The van der Waals surface area contributed by atoms with Gasteiger partial charge in [0.1, 0.15) is 17.2 Å². The first-order chi connectivity index (χ1) is 14.7. The zero-order chi connectivity index (χ0) is 21.2. The predicted molar refractivity (Wildman–Crippen MR) is 116 cm³/mol. The summed E-state index contributed by atoms with van der Waals surface area (Å²) in [5.41, 5.74) is 0.608. The van der Waals surface area contributed by atoms with Gasteiger partial charge in [-0.1, -0.05) is 24.3 Å². The van der Waals surface area contributed by atoms with Crippen molar-refractivity contribution in [3.8, 4) is 28.7 Å². The summed E-state index contributed by atoms with van der Waals surface area (Å²) >= 11 is 0. The molecule has 6 nitrogen and oxygen atoms in total. The highest BCUT2D eigenvalue weighted by atomic mass is 16.5. The van der Waals surface area contributed by atoms with E-state index in [0.29, 0.717) is 41.9 Å². The molecule has 0 heterocycles. The average Bonchev–Trinajstić information content (AvgIpc) is 2.75. The zero-order valence-electron chi connectivity index (χ0n) is 17.1. The van der Waals surface area contributed by atoms with Crippen LogP contribution in [0.3, 0.4) is 0 Å². The van der Waals surface area contributed by atoms with Crippen LogP contribution in [0, 0.1) is 0 Å². The van der Waals surface area contributed by atoms with Gasteiger partial charge in [0.25, 0.3) is 5.91 Å². The third kappa shape index (κ3) is 6.17. The Morgan fingerprint density at radius 3 is 2.20 bits per heavy atom. The van der Waals surface area contributed by atoms with Gasteiger partial charge < -0.3 is 24.3 Å². The highest BCUT2D eigenvalue weighted by molar-refractivity contribution is 5.92. The summed E-state index contributed by atoms with van der Waals surface area (Å²) in [6.45, 7) is 4.70. The van der Waals surface area contributed by atoms with E-state index in [2.05, 4.69) is 5.32 Å². The molecule has 0 saturated heterocycles. The maximum Gasteiger partial charge on any atom is 0.262 e. The van der Waals surface area contributed by atoms with Crippen molar-refractivity contribution in [1.82, 2.24) is 0 Å². The van der Waals surface area contributed by atoms with Gasteiger partial charge in [-0.25, -0.2) is 0 Å². The molecule has 30 heavy (non-hydrogen) atoms. The van der Waals surface area contributed by atoms with Crippen LogP contribution in [-0.4, -0.2) is 25.7 Å². The van der Waals surface area contributed by atoms with Crippen molar-refractivity contribution < 1.29 is 23.7 Å². The molecular weight excluding hydrogens is 382 g/mol. The molecule has 0 saturated carbocycles. The average molecular weight is 407 g/mol. The molecule has 1 amide bonds. The lowest BCUT2D eigenvalue weighted by molar-refractivity contribution is -0.118. The molecule has 0 aliphatic carbocycles. The fraction of sp³-hybridized carbons (Fsp3) is 0.208. The number of benzene rings is 3. The fourth-order valence-electron chi connectivity index (χ4n) is 2.73. The Balaban J connectivity index is 1.57. The van der Waals surface area contributed by atoms with Crippen molar-refractivity contribution in [3.63, 3.8) is 0 Å². The van der Waals surface area contributed by atoms with Crippen LogP contribution in [0.1, 0.15) is 13.8 Å². The molecule has 3 aromatic rings. The summed E-state index contributed by atoms with van der Waals surface area (Å²) in [5.74, 6) is 2.85. The molecule has 156 valence electrons. The first-order valence-electron chi connectivity index (χ1n) is 9.83. The van der Waals surface area contributed by atoms with Crippen LogP contribution < -0.4 is 24.3 Å². The third-order valence-corrected chi connectivity index (χ3v) is 3.98. The quantitative estimate of drug-likeness (QED) is 0.494. The first-order valence-corrected chi connectivity index (χ1v) is 9.83. The van der Waals surface area contributed by atoms with Crippen LogP contribution >= 0.6 is 0 Å². The molecule has 0 bridgehead atoms. The molecular formula is C24H25NO5. The number of para-hydroxylation sites is 1. The summed E-state index contributed by atoms with van der Waals surface area (Å²) in [5, 5.41) is 2.80. The van der Waals surface area contributed by atoms with E-state index in [-0.39, 0.29) is 12.5 Å². The minimum atomic E-state index is -0.281. The van der Waals surface area contributed by atoms with E-state index in [1.165, 1.54) is 0 Å². The van der Waals surface area contributed by atoms with Crippen molar-refractivity contribution in [1.29, 1.82) is 0 Å². The first kappa shape index (κ1) is 21.0. The normalized spacial score (nSPS) is 10.2. The minimum Gasteiger partial charge on any atom is -0.490 e. The molecule has 0 aliphatic heterocycles. The van der Waals surface area contributed by atoms with Gasteiger partial charge in [0.15, 0.2) is 18.1 Å². The number of carbonyl (C=O) groups is 1. The van der Waals surface area contributed by atoms with E-state index in [1.54, 1.807) is 30.3 Å². The van der Waals surface area contributed by atoms with E-state index < -0.39 is 0 Å². The zero-order valence-corrected chi connectivity index (χ0v) is 17.1. The van der Waals surface area contributed by atoms with Gasteiger partial charge in [0.2, 0.25) is 0 Å². The lowest BCUT2D eigenvalue weighted by Crippen LogP contribution is -2.20. The van der Waals surface area contributed by atoms with Gasteiger partial charge >= 0.3 is 0 Å². The monoisotopic (exact) mass is 407 g/mol. The van der Waals surface area contributed by atoms with Crippen molar-refractivity contribution >= 4 is 11.6 Å². The smallest absolute Gasteiger partial charge is 0.262 e. The third-order valence-electron chi connectivity index (χ3n) is 3.98. The van der Waals surface area contributed by atoms with Gasteiger partial charge in [0.05, 0.1) is 13.2 Å². The van der Waals surface area contributed by atoms with Gasteiger partial charge in [-0.3, -0.25) is 4.79 Å². The molecule has 0 spiro atoms.